The minimum atomic E-state index is -3.74. The van der Waals surface area contributed by atoms with Gasteiger partial charge >= 0.3 is 0 Å². The third-order valence-electron chi connectivity index (χ3n) is 3.59. The highest BCUT2D eigenvalue weighted by atomic mass is 32.2. The van der Waals surface area contributed by atoms with Crippen LogP contribution in [-0.4, -0.2) is 22.1 Å². The molecule has 2 aromatic carbocycles. The van der Waals surface area contributed by atoms with Crippen LogP contribution in [0.1, 0.15) is 5.01 Å². The van der Waals surface area contributed by atoms with Gasteiger partial charge < -0.3 is 0 Å². The van der Waals surface area contributed by atoms with E-state index < -0.39 is 10.0 Å². The maximum absolute atomic E-state index is 12.7. The Morgan fingerprint density at radius 3 is 2.56 bits per heavy atom. The highest BCUT2D eigenvalue weighted by Gasteiger charge is 2.19. The molecule has 0 saturated carbocycles. The molecule has 0 aliphatic heterocycles. The lowest BCUT2D eigenvalue weighted by Gasteiger charge is -2.09. The van der Waals surface area contributed by atoms with E-state index >= 15 is 0 Å². The second kappa shape index (κ2) is 6.17. The molecule has 0 fully saturated rings. The normalized spacial score (nSPS) is 11.7. The van der Waals surface area contributed by atoms with Gasteiger partial charge in [-0.2, -0.15) is 8.75 Å². The van der Waals surface area contributed by atoms with Crippen LogP contribution in [0.5, 0.6) is 0 Å². The second-order valence-electron chi connectivity index (χ2n) is 5.32. The molecule has 0 amide bonds. The summed E-state index contributed by atoms with van der Waals surface area (Å²) in [4.78, 5) is 4.55. The minimum Gasteiger partial charge on any atom is -0.280 e. The molecule has 9 heteroatoms. The maximum atomic E-state index is 12.7. The Bertz CT molecular complexity index is 1150. The number of fused-ring (bicyclic) bond motifs is 1. The summed E-state index contributed by atoms with van der Waals surface area (Å²) in [5.74, 6) is 0. The van der Waals surface area contributed by atoms with Crippen LogP contribution in [0.3, 0.4) is 0 Å². The number of hydrogen-bond acceptors (Lipinski definition) is 7. The molecule has 126 valence electrons. The highest BCUT2D eigenvalue weighted by molar-refractivity contribution is 7.93. The third-order valence-corrected chi connectivity index (χ3v) is 6.32. The van der Waals surface area contributed by atoms with Gasteiger partial charge in [0.05, 0.1) is 22.4 Å². The first-order chi connectivity index (χ1) is 12.0. The van der Waals surface area contributed by atoms with Crippen LogP contribution in [0.4, 0.5) is 5.69 Å². The van der Waals surface area contributed by atoms with Gasteiger partial charge in [-0.1, -0.05) is 18.2 Å². The van der Waals surface area contributed by atoms with Gasteiger partial charge in [-0.05, 0) is 31.2 Å². The van der Waals surface area contributed by atoms with Crippen LogP contribution in [0.15, 0.2) is 52.7 Å². The van der Waals surface area contributed by atoms with E-state index in [0.717, 1.165) is 28.0 Å². The van der Waals surface area contributed by atoms with Gasteiger partial charge in [0.2, 0.25) is 0 Å². The van der Waals surface area contributed by atoms with Crippen LogP contribution in [0, 0.1) is 6.92 Å². The second-order valence-corrected chi connectivity index (χ2v) is 8.56. The van der Waals surface area contributed by atoms with E-state index in [9.17, 15) is 8.42 Å². The van der Waals surface area contributed by atoms with E-state index in [1.807, 2.05) is 24.4 Å². The number of nitrogens with one attached hydrogen (secondary N) is 1. The van der Waals surface area contributed by atoms with Gasteiger partial charge in [-0.25, -0.2) is 13.4 Å². The largest absolute Gasteiger partial charge is 0.280 e. The number of anilines is 1. The number of hydrogen-bond donors (Lipinski definition) is 1. The predicted molar refractivity (Wildman–Crippen MR) is 101 cm³/mol. The Morgan fingerprint density at radius 2 is 1.84 bits per heavy atom. The Balaban J connectivity index is 1.64. The molecule has 0 saturated heterocycles. The van der Waals surface area contributed by atoms with Crippen molar-refractivity contribution in [2.24, 2.45) is 0 Å². The molecular weight excluding hydrogens is 376 g/mol. The monoisotopic (exact) mass is 388 g/mol. The highest BCUT2D eigenvalue weighted by Crippen LogP contribution is 2.26. The lowest BCUT2D eigenvalue weighted by atomic mass is 10.1. The summed E-state index contributed by atoms with van der Waals surface area (Å²) in [6, 6.07) is 12.1. The zero-order valence-electron chi connectivity index (χ0n) is 13.0. The Kier molecular flexibility index (Phi) is 3.98. The SMILES string of the molecule is Cc1nc(-c2ccc(NS(=O)(=O)c3cccc4nsnc34)cc2)cs1. The molecule has 6 nitrogen and oxygen atoms in total. The molecule has 0 unspecified atom stereocenters. The summed E-state index contributed by atoms with van der Waals surface area (Å²) in [6.07, 6.45) is 0. The average molecular weight is 388 g/mol. The summed E-state index contributed by atoms with van der Waals surface area (Å²) >= 11 is 2.57. The summed E-state index contributed by atoms with van der Waals surface area (Å²) in [5, 5.41) is 2.97. The number of rotatable bonds is 4. The summed E-state index contributed by atoms with van der Waals surface area (Å²) in [7, 11) is -3.74. The van der Waals surface area contributed by atoms with E-state index in [-0.39, 0.29) is 4.90 Å². The smallest absolute Gasteiger partial charge is 0.264 e. The fourth-order valence-corrected chi connectivity index (χ4v) is 4.86. The first-order valence-corrected chi connectivity index (χ1v) is 10.4. The number of sulfonamides is 1. The first-order valence-electron chi connectivity index (χ1n) is 7.30. The lowest BCUT2D eigenvalue weighted by molar-refractivity contribution is 0.602. The van der Waals surface area contributed by atoms with Crippen molar-refractivity contribution in [1.29, 1.82) is 0 Å². The van der Waals surface area contributed by atoms with Gasteiger partial charge in [0, 0.05) is 16.6 Å². The Hall–Kier alpha value is -2.36. The number of aryl methyl sites for hydroxylation is 1. The molecule has 1 N–H and O–H groups in total. The van der Waals surface area contributed by atoms with Crippen molar-refractivity contribution in [2.75, 3.05) is 4.72 Å². The van der Waals surface area contributed by atoms with Crippen molar-refractivity contribution in [2.45, 2.75) is 11.8 Å². The maximum Gasteiger partial charge on any atom is 0.264 e. The van der Waals surface area contributed by atoms with Crippen LogP contribution >= 0.6 is 23.1 Å². The predicted octanol–water partition coefficient (Wildman–Crippen LogP) is 3.92. The first kappa shape index (κ1) is 16.1. The van der Waals surface area contributed by atoms with Gasteiger partial charge in [0.1, 0.15) is 15.9 Å². The molecule has 0 atom stereocenters. The zero-order valence-corrected chi connectivity index (χ0v) is 15.5. The van der Waals surface area contributed by atoms with Crippen molar-refractivity contribution in [3.63, 3.8) is 0 Å². The number of thiazole rings is 1. The molecule has 0 aliphatic rings. The molecule has 2 aromatic heterocycles. The van der Waals surface area contributed by atoms with Gasteiger partial charge in [-0.15, -0.1) is 11.3 Å². The van der Waals surface area contributed by atoms with E-state index in [4.69, 9.17) is 0 Å². The Morgan fingerprint density at radius 1 is 1.04 bits per heavy atom. The number of benzene rings is 2. The van der Waals surface area contributed by atoms with Crippen LogP contribution < -0.4 is 4.72 Å². The van der Waals surface area contributed by atoms with Crippen molar-refractivity contribution < 1.29 is 8.42 Å². The third kappa shape index (κ3) is 3.13. The molecule has 25 heavy (non-hydrogen) atoms. The van der Waals surface area contributed by atoms with Gasteiger partial charge in [-0.3, -0.25) is 4.72 Å². The fraction of sp³-hybridized carbons (Fsp3) is 0.0625. The molecule has 0 spiro atoms. The number of aromatic nitrogens is 3. The van der Waals surface area contributed by atoms with E-state index in [1.165, 1.54) is 6.07 Å². The molecular formula is C16H12N4O2S3. The van der Waals surface area contributed by atoms with Crippen LogP contribution in [-0.2, 0) is 10.0 Å². The fourth-order valence-electron chi connectivity index (χ4n) is 2.41. The number of nitrogens with zero attached hydrogens (tertiary/aromatic N) is 3. The molecule has 4 rings (SSSR count). The molecule has 2 heterocycles. The van der Waals surface area contributed by atoms with Crippen LogP contribution in [0.25, 0.3) is 22.3 Å². The summed E-state index contributed by atoms with van der Waals surface area (Å²) in [5.41, 5.74) is 3.26. The summed E-state index contributed by atoms with van der Waals surface area (Å²) < 4.78 is 36.1. The molecule has 0 radical (unpaired) electrons. The van der Waals surface area contributed by atoms with E-state index in [1.54, 1.807) is 35.6 Å². The minimum absolute atomic E-state index is 0.123. The Labute approximate surface area is 152 Å². The lowest BCUT2D eigenvalue weighted by Crippen LogP contribution is -2.13. The topological polar surface area (TPSA) is 84.8 Å². The van der Waals surface area contributed by atoms with Crippen molar-refractivity contribution >= 4 is 49.8 Å². The average Bonchev–Trinajstić information content (AvgIpc) is 3.23. The quantitative estimate of drug-likeness (QED) is 0.573. The van der Waals surface area contributed by atoms with Crippen LogP contribution in [0.2, 0.25) is 0 Å². The van der Waals surface area contributed by atoms with Gasteiger partial charge in [0.15, 0.2) is 0 Å². The van der Waals surface area contributed by atoms with E-state index in [2.05, 4.69) is 18.5 Å². The molecule has 0 bridgehead atoms. The molecule has 0 aliphatic carbocycles. The van der Waals surface area contributed by atoms with Crippen molar-refractivity contribution in [1.82, 2.24) is 13.7 Å². The van der Waals surface area contributed by atoms with Crippen molar-refractivity contribution in [3.05, 3.63) is 52.9 Å². The van der Waals surface area contributed by atoms with Gasteiger partial charge in [0.25, 0.3) is 10.0 Å². The molecule has 4 aromatic rings. The zero-order chi connectivity index (χ0) is 17.4. The van der Waals surface area contributed by atoms with Crippen molar-refractivity contribution in [3.8, 4) is 11.3 Å². The standard InChI is InChI=1S/C16H12N4O2S3/c1-10-17-14(9-23-10)11-5-7-12(8-6-11)20-25(21,22)15-4-2-3-13-16(15)19-24-18-13/h2-9,20H,1H3. The summed E-state index contributed by atoms with van der Waals surface area (Å²) in [6.45, 7) is 1.95. The van der Waals surface area contributed by atoms with E-state index in [0.29, 0.717) is 16.7 Å².